The molecule has 1 saturated heterocycles. The summed E-state index contributed by atoms with van der Waals surface area (Å²) in [7, 11) is 1.87. The zero-order chi connectivity index (χ0) is 16.1. The molecule has 0 aromatic heterocycles. The first kappa shape index (κ1) is 19.7. The number of nitrogens with zero attached hydrogens (tertiary/aromatic N) is 2. The standard InChI is InChI=1S/C15H21N3O3S.ClH/c1-11(15(19)17(2)12-7-9-16-10-8-12)22-14-5-3-13(4-6-14)18(20)21;/h3-6,11-12,16H,7-10H2,1-2H3;1H. The lowest BCUT2D eigenvalue weighted by atomic mass is 10.1. The molecule has 0 bridgehead atoms. The minimum atomic E-state index is -0.423. The van der Waals surface area contributed by atoms with E-state index in [0.29, 0.717) is 6.04 Å². The molecule has 0 aliphatic carbocycles. The summed E-state index contributed by atoms with van der Waals surface area (Å²) in [6.45, 7) is 3.78. The molecule has 1 heterocycles. The van der Waals surface area contributed by atoms with Gasteiger partial charge in [-0.2, -0.15) is 0 Å². The number of amides is 1. The number of thioether (sulfide) groups is 1. The van der Waals surface area contributed by atoms with E-state index in [0.717, 1.165) is 30.8 Å². The number of benzene rings is 1. The maximum Gasteiger partial charge on any atom is 0.269 e. The molecule has 1 amide bonds. The van der Waals surface area contributed by atoms with E-state index in [4.69, 9.17) is 0 Å². The Balaban J connectivity index is 0.00000264. The van der Waals surface area contributed by atoms with Crippen LogP contribution in [0.3, 0.4) is 0 Å². The minimum absolute atomic E-state index is 0. The average Bonchev–Trinajstić information content (AvgIpc) is 2.54. The molecule has 1 fully saturated rings. The van der Waals surface area contributed by atoms with E-state index < -0.39 is 4.92 Å². The predicted octanol–water partition coefficient (Wildman–Crippen LogP) is 2.71. The van der Waals surface area contributed by atoms with E-state index in [-0.39, 0.29) is 29.3 Å². The van der Waals surface area contributed by atoms with Crippen molar-refractivity contribution in [1.82, 2.24) is 10.2 Å². The van der Waals surface area contributed by atoms with Gasteiger partial charge in [0.25, 0.3) is 5.69 Å². The van der Waals surface area contributed by atoms with Gasteiger partial charge >= 0.3 is 0 Å². The summed E-state index contributed by atoms with van der Waals surface area (Å²) in [6, 6.07) is 6.62. The Bertz CT molecular complexity index is 535. The van der Waals surface area contributed by atoms with Gasteiger partial charge < -0.3 is 10.2 Å². The number of hydrogen-bond acceptors (Lipinski definition) is 5. The van der Waals surface area contributed by atoms with E-state index >= 15 is 0 Å². The normalized spacial score (nSPS) is 16.3. The fourth-order valence-electron chi connectivity index (χ4n) is 2.56. The van der Waals surface area contributed by atoms with Crippen molar-refractivity contribution < 1.29 is 9.72 Å². The molecule has 1 atom stereocenters. The highest BCUT2D eigenvalue weighted by atomic mass is 35.5. The van der Waals surface area contributed by atoms with E-state index in [9.17, 15) is 14.9 Å². The lowest BCUT2D eigenvalue weighted by molar-refractivity contribution is -0.384. The van der Waals surface area contributed by atoms with Crippen LogP contribution in [-0.2, 0) is 4.79 Å². The monoisotopic (exact) mass is 359 g/mol. The molecule has 0 saturated carbocycles. The maximum absolute atomic E-state index is 12.5. The summed E-state index contributed by atoms with van der Waals surface area (Å²) in [5.74, 6) is 0.107. The molecule has 1 aromatic carbocycles. The van der Waals surface area contributed by atoms with E-state index in [2.05, 4.69) is 5.32 Å². The highest BCUT2D eigenvalue weighted by molar-refractivity contribution is 8.00. The van der Waals surface area contributed by atoms with Crippen LogP contribution in [0.1, 0.15) is 19.8 Å². The fourth-order valence-corrected chi connectivity index (χ4v) is 3.53. The van der Waals surface area contributed by atoms with Crippen molar-refractivity contribution >= 4 is 35.8 Å². The smallest absolute Gasteiger partial charge is 0.269 e. The van der Waals surface area contributed by atoms with Crippen molar-refractivity contribution in [3.05, 3.63) is 34.4 Å². The molecule has 1 N–H and O–H groups in total. The van der Waals surface area contributed by atoms with Crippen molar-refractivity contribution in [1.29, 1.82) is 0 Å². The molecule has 128 valence electrons. The Labute approximate surface area is 146 Å². The molecule has 0 radical (unpaired) electrons. The summed E-state index contributed by atoms with van der Waals surface area (Å²) in [4.78, 5) is 25.4. The van der Waals surface area contributed by atoms with Gasteiger partial charge in [0.1, 0.15) is 0 Å². The SMILES string of the molecule is CC(Sc1ccc([N+](=O)[O-])cc1)C(=O)N(C)C1CCNCC1.Cl. The van der Waals surface area contributed by atoms with E-state index in [1.54, 1.807) is 12.1 Å². The van der Waals surface area contributed by atoms with Crippen LogP contribution in [0.4, 0.5) is 5.69 Å². The Morgan fingerprint density at radius 2 is 1.91 bits per heavy atom. The van der Waals surface area contributed by atoms with Crippen LogP contribution >= 0.6 is 24.2 Å². The summed E-state index contributed by atoms with van der Waals surface area (Å²) in [6.07, 6.45) is 1.97. The van der Waals surface area contributed by atoms with Crippen LogP contribution in [0.5, 0.6) is 0 Å². The number of piperidine rings is 1. The second-order valence-electron chi connectivity index (χ2n) is 5.44. The van der Waals surface area contributed by atoms with Gasteiger partial charge in [0, 0.05) is 30.1 Å². The highest BCUT2D eigenvalue weighted by Crippen LogP contribution is 2.27. The second kappa shape index (κ2) is 9.10. The minimum Gasteiger partial charge on any atom is -0.342 e. The number of rotatable bonds is 5. The molecule has 1 aromatic rings. The molecule has 8 heteroatoms. The van der Waals surface area contributed by atoms with E-state index in [1.165, 1.54) is 23.9 Å². The number of hydrogen-bond donors (Lipinski definition) is 1. The zero-order valence-corrected chi connectivity index (χ0v) is 14.9. The average molecular weight is 360 g/mol. The largest absolute Gasteiger partial charge is 0.342 e. The Hall–Kier alpha value is -1.31. The number of nitrogens with one attached hydrogen (secondary N) is 1. The first-order chi connectivity index (χ1) is 10.5. The van der Waals surface area contributed by atoms with Gasteiger partial charge in [0.05, 0.1) is 10.2 Å². The third-order valence-electron chi connectivity index (χ3n) is 3.91. The number of nitro benzene ring substituents is 1. The Morgan fingerprint density at radius 3 is 2.43 bits per heavy atom. The van der Waals surface area contributed by atoms with Crippen LogP contribution in [-0.4, -0.2) is 47.2 Å². The van der Waals surface area contributed by atoms with Crippen LogP contribution < -0.4 is 5.32 Å². The van der Waals surface area contributed by atoms with Crippen molar-refractivity contribution in [3.63, 3.8) is 0 Å². The predicted molar refractivity (Wildman–Crippen MR) is 94.3 cm³/mol. The number of non-ortho nitro benzene ring substituents is 1. The van der Waals surface area contributed by atoms with Gasteiger partial charge in [-0.1, -0.05) is 0 Å². The number of carbonyl (C=O) groups excluding carboxylic acids is 1. The first-order valence-electron chi connectivity index (χ1n) is 7.37. The number of halogens is 1. The molecule has 1 aliphatic rings. The van der Waals surface area contributed by atoms with Gasteiger partial charge in [-0.15, -0.1) is 24.2 Å². The third-order valence-corrected chi connectivity index (χ3v) is 5.01. The molecule has 1 unspecified atom stereocenters. The second-order valence-corrected chi connectivity index (χ2v) is 6.86. The van der Waals surface area contributed by atoms with Gasteiger partial charge in [0.2, 0.25) is 5.91 Å². The highest BCUT2D eigenvalue weighted by Gasteiger charge is 2.26. The van der Waals surface area contributed by atoms with E-state index in [1.807, 2.05) is 18.9 Å². The number of carbonyl (C=O) groups is 1. The molecule has 0 spiro atoms. The quantitative estimate of drug-likeness (QED) is 0.497. The fraction of sp³-hybridized carbons (Fsp3) is 0.533. The molecule has 6 nitrogen and oxygen atoms in total. The number of nitro groups is 1. The van der Waals surface area contributed by atoms with Crippen molar-refractivity contribution in [2.24, 2.45) is 0 Å². The van der Waals surface area contributed by atoms with Crippen LogP contribution in [0.2, 0.25) is 0 Å². The topological polar surface area (TPSA) is 75.5 Å². The van der Waals surface area contributed by atoms with Crippen molar-refractivity contribution in [2.45, 2.75) is 36.0 Å². The van der Waals surface area contributed by atoms with Crippen LogP contribution in [0.25, 0.3) is 0 Å². The van der Waals surface area contributed by atoms with Gasteiger partial charge in [0.15, 0.2) is 0 Å². The molecule has 2 rings (SSSR count). The lowest BCUT2D eigenvalue weighted by Crippen LogP contribution is -2.46. The third kappa shape index (κ3) is 5.37. The molecule has 1 aliphatic heterocycles. The van der Waals surface area contributed by atoms with Crippen LogP contribution in [0.15, 0.2) is 29.2 Å². The summed E-state index contributed by atoms with van der Waals surface area (Å²) in [5, 5.41) is 13.7. The molecular weight excluding hydrogens is 338 g/mol. The summed E-state index contributed by atoms with van der Waals surface area (Å²) in [5.41, 5.74) is 0.0650. The maximum atomic E-state index is 12.5. The Morgan fingerprint density at radius 1 is 1.35 bits per heavy atom. The van der Waals surface area contributed by atoms with Crippen LogP contribution in [0, 0.1) is 10.1 Å². The van der Waals surface area contributed by atoms with Gasteiger partial charge in [-0.3, -0.25) is 14.9 Å². The van der Waals surface area contributed by atoms with Gasteiger partial charge in [-0.25, -0.2) is 0 Å². The van der Waals surface area contributed by atoms with Crippen molar-refractivity contribution in [2.75, 3.05) is 20.1 Å². The zero-order valence-electron chi connectivity index (χ0n) is 13.2. The lowest BCUT2D eigenvalue weighted by Gasteiger charge is -2.33. The van der Waals surface area contributed by atoms with Crippen molar-refractivity contribution in [3.8, 4) is 0 Å². The first-order valence-corrected chi connectivity index (χ1v) is 8.25. The summed E-state index contributed by atoms with van der Waals surface area (Å²) >= 11 is 1.43. The molecule has 23 heavy (non-hydrogen) atoms. The molecular formula is C15H22ClN3O3S. The summed E-state index contributed by atoms with van der Waals surface area (Å²) < 4.78 is 0. The van der Waals surface area contributed by atoms with Gasteiger partial charge in [-0.05, 0) is 45.0 Å². The Kier molecular flexibility index (Phi) is 7.81.